The highest BCUT2D eigenvalue weighted by Crippen LogP contribution is 2.54. The number of nitrogens with one attached hydrogen (secondary N) is 1. The molecular formula is C26H20ClF8N3O2. The van der Waals surface area contributed by atoms with Crippen molar-refractivity contribution in [2.24, 2.45) is 0 Å². The molecule has 1 heterocycles. The summed E-state index contributed by atoms with van der Waals surface area (Å²) in [5.74, 6) is -2.90. The third kappa shape index (κ3) is 5.60. The molecule has 2 aromatic carbocycles. The van der Waals surface area contributed by atoms with Crippen LogP contribution in [0.1, 0.15) is 45.7 Å². The number of carbonyl (C=O) groups is 2. The summed E-state index contributed by atoms with van der Waals surface area (Å²) >= 11 is 5.94. The lowest BCUT2D eigenvalue weighted by Crippen LogP contribution is -2.50. The number of benzene rings is 2. The van der Waals surface area contributed by atoms with Crippen LogP contribution in [0.5, 0.6) is 0 Å². The predicted octanol–water partition coefficient (Wildman–Crippen LogP) is 7.64. The number of aromatic nitrogens is 1. The van der Waals surface area contributed by atoms with Gasteiger partial charge < -0.3 is 10.2 Å². The smallest absolute Gasteiger partial charge is 0.320 e. The summed E-state index contributed by atoms with van der Waals surface area (Å²) in [5.41, 5.74) is -9.05. The molecule has 2 amide bonds. The third-order valence-electron chi connectivity index (χ3n) is 5.97. The quantitative estimate of drug-likeness (QED) is 0.286. The molecular weight excluding hydrogens is 574 g/mol. The van der Waals surface area contributed by atoms with E-state index in [1.807, 2.05) is 0 Å². The number of hydrogen-bond acceptors (Lipinski definition) is 3. The molecule has 0 aliphatic carbocycles. The normalized spacial score (nSPS) is 12.3. The zero-order valence-corrected chi connectivity index (χ0v) is 21.5. The lowest BCUT2D eigenvalue weighted by atomic mass is 9.91. The molecule has 0 spiro atoms. The standard InChI is InChI=1S/C26H20ClF8N3O2/c1-3-14-12-16(24(29,25(30,31)32)26(33,34)35)13-18(27)21(14)37-22(39)17-6-5-7-19(20(17)28)38(4-2)23(40)15-8-10-36-11-9-15/h5-13H,3-4H2,1-2H3,(H,37,39). The van der Waals surface area contributed by atoms with Crippen molar-refractivity contribution in [1.29, 1.82) is 0 Å². The fourth-order valence-electron chi connectivity index (χ4n) is 3.93. The summed E-state index contributed by atoms with van der Waals surface area (Å²) < 4.78 is 110. The first kappa shape index (κ1) is 30.8. The summed E-state index contributed by atoms with van der Waals surface area (Å²) in [7, 11) is 0. The van der Waals surface area contributed by atoms with Crippen LogP contribution < -0.4 is 10.2 Å². The SMILES string of the molecule is CCc1cc(C(F)(C(F)(F)F)C(F)(F)F)cc(Cl)c1NC(=O)c1cccc(N(CC)C(=O)c2ccncc2)c1F. The van der Waals surface area contributed by atoms with Gasteiger partial charge in [-0.25, -0.2) is 8.78 Å². The van der Waals surface area contributed by atoms with E-state index in [-0.39, 0.29) is 35.8 Å². The first-order valence-corrected chi connectivity index (χ1v) is 11.9. The molecule has 14 heteroatoms. The van der Waals surface area contributed by atoms with Gasteiger partial charge in [-0.3, -0.25) is 14.6 Å². The lowest BCUT2D eigenvalue weighted by Gasteiger charge is -2.31. The first-order valence-electron chi connectivity index (χ1n) is 11.5. The van der Waals surface area contributed by atoms with E-state index in [1.54, 1.807) is 6.92 Å². The Morgan fingerprint density at radius 1 is 0.950 bits per heavy atom. The molecule has 1 N–H and O–H groups in total. The highest BCUT2D eigenvalue weighted by atomic mass is 35.5. The van der Waals surface area contributed by atoms with Crippen molar-refractivity contribution in [3.8, 4) is 0 Å². The number of nitrogens with zero attached hydrogens (tertiary/aromatic N) is 2. The van der Waals surface area contributed by atoms with E-state index >= 15 is 4.39 Å². The molecule has 214 valence electrons. The van der Waals surface area contributed by atoms with Gasteiger partial charge in [0.05, 0.1) is 22.0 Å². The fraction of sp³-hybridized carbons (Fsp3) is 0.269. The number of carbonyl (C=O) groups excluding carboxylic acids is 2. The van der Waals surface area contributed by atoms with Crippen LogP contribution in [0.3, 0.4) is 0 Å². The van der Waals surface area contributed by atoms with Crippen molar-refractivity contribution < 1.29 is 44.7 Å². The van der Waals surface area contributed by atoms with Crippen molar-refractivity contribution in [2.75, 3.05) is 16.8 Å². The first-order chi connectivity index (χ1) is 18.6. The summed E-state index contributed by atoms with van der Waals surface area (Å²) in [6.07, 6.45) is -10.3. The van der Waals surface area contributed by atoms with Crippen molar-refractivity contribution in [1.82, 2.24) is 4.98 Å². The molecule has 0 unspecified atom stereocenters. The molecule has 0 aliphatic heterocycles. The van der Waals surface area contributed by atoms with Gasteiger partial charge in [0.2, 0.25) is 0 Å². The average molecular weight is 594 g/mol. The number of pyridine rings is 1. The zero-order valence-electron chi connectivity index (χ0n) is 20.7. The van der Waals surface area contributed by atoms with E-state index < -0.39 is 57.5 Å². The van der Waals surface area contributed by atoms with Crippen LogP contribution in [0.4, 0.5) is 46.5 Å². The minimum atomic E-state index is -6.37. The number of hydrogen-bond donors (Lipinski definition) is 1. The van der Waals surface area contributed by atoms with E-state index in [0.29, 0.717) is 6.07 Å². The van der Waals surface area contributed by atoms with Crippen LogP contribution in [0, 0.1) is 5.82 Å². The maximum atomic E-state index is 15.5. The predicted molar refractivity (Wildman–Crippen MR) is 132 cm³/mol. The van der Waals surface area contributed by atoms with Gasteiger partial charge in [0, 0.05) is 30.1 Å². The highest BCUT2D eigenvalue weighted by molar-refractivity contribution is 6.34. The molecule has 40 heavy (non-hydrogen) atoms. The van der Waals surface area contributed by atoms with Crippen LogP contribution >= 0.6 is 11.6 Å². The Labute approximate surface area is 227 Å². The Morgan fingerprint density at radius 3 is 2.08 bits per heavy atom. The van der Waals surface area contributed by atoms with E-state index in [0.717, 1.165) is 11.0 Å². The Balaban J connectivity index is 2.02. The van der Waals surface area contributed by atoms with Gasteiger partial charge in [-0.15, -0.1) is 0 Å². The minimum absolute atomic E-state index is 0.000185. The summed E-state index contributed by atoms with van der Waals surface area (Å²) in [6, 6.07) is 6.76. The van der Waals surface area contributed by atoms with Crippen LogP contribution in [0.2, 0.25) is 5.02 Å². The highest BCUT2D eigenvalue weighted by Gasteiger charge is 2.73. The van der Waals surface area contributed by atoms with Crippen LogP contribution in [-0.2, 0) is 12.1 Å². The second-order valence-corrected chi connectivity index (χ2v) is 8.79. The van der Waals surface area contributed by atoms with Crippen molar-refractivity contribution in [2.45, 2.75) is 38.3 Å². The van der Waals surface area contributed by atoms with E-state index in [1.165, 1.54) is 43.6 Å². The maximum Gasteiger partial charge on any atom is 0.435 e. The van der Waals surface area contributed by atoms with Gasteiger partial charge in [0.15, 0.2) is 5.82 Å². The van der Waals surface area contributed by atoms with Gasteiger partial charge in [-0.1, -0.05) is 24.6 Å². The number of rotatable bonds is 7. The van der Waals surface area contributed by atoms with Crippen molar-refractivity contribution >= 4 is 34.8 Å². The number of anilines is 2. The Kier molecular flexibility index (Phi) is 8.77. The molecule has 0 aliphatic rings. The second-order valence-electron chi connectivity index (χ2n) is 8.38. The van der Waals surface area contributed by atoms with Crippen LogP contribution in [0.15, 0.2) is 54.9 Å². The zero-order chi connectivity index (χ0) is 30.0. The third-order valence-corrected chi connectivity index (χ3v) is 6.27. The molecule has 0 saturated carbocycles. The summed E-state index contributed by atoms with van der Waals surface area (Å²) in [6.45, 7) is 2.88. The van der Waals surface area contributed by atoms with Gasteiger partial charge in [-0.2, -0.15) is 26.3 Å². The molecule has 1 aromatic heterocycles. The molecule has 5 nitrogen and oxygen atoms in total. The maximum absolute atomic E-state index is 15.5. The van der Waals surface area contributed by atoms with Crippen LogP contribution in [-0.4, -0.2) is 35.7 Å². The van der Waals surface area contributed by atoms with Gasteiger partial charge in [0.1, 0.15) is 0 Å². The second kappa shape index (κ2) is 11.4. The van der Waals surface area contributed by atoms with Gasteiger partial charge in [0.25, 0.3) is 11.8 Å². The largest absolute Gasteiger partial charge is 0.435 e. The Hall–Kier alpha value is -3.74. The van der Waals surface area contributed by atoms with E-state index in [2.05, 4.69) is 10.3 Å². The van der Waals surface area contributed by atoms with Crippen molar-refractivity contribution in [3.05, 3.63) is 88.0 Å². The summed E-state index contributed by atoms with van der Waals surface area (Å²) in [5, 5.41) is 1.35. The van der Waals surface area contributed by atoms with Gasteiger partial charge >= 0.3 is 18.0 Å². The lowest BCUT2D eigenvalue weighted by molar-refractivity contribution is -0.348. The Morgan fingerprint density at radius 2 is 1.55 bits per heavy atom. The molecule has 0 atom stereocenters. The van der Waals surface area contributed by atoms with Gasteiger partial charge in [-0.05, 0) is 55.3 Å². The number of amides is 2. The molecule has 3 rings (SSSR count). The Bertz CT molecular complexity index is 1400. The monoisotopic (exact) mass is 593 g/mol. The fourth-order valence-corrected chi connectivity index (χ4v) is 4.21. The van der Waals surface area contributed by atoms with E-state index in [9.17, 15) is 40.3 Å². The minimum Gasteiger partial charge on any atom is -0.320 e. The van der Waals surface area contributed by atoms with Crippen LogP contribution in [0.25, 0.3) is 0 Å². The molecule has 0 radical (unpaired) electrons. The van der Waals surface area contributed by atoms with E-state index in [4.69, 9.17) is 11.6 Å². The molecule has 3 aromatic rings. The van der Waals surface area contributed by atoms with Crippen molar-refractivity contribution in [3.63, 3.8) is 0 Å². The molecule has 0 saturated heterocycles. The summed E-state index contributed by atoms with van der Waals surface area (Å²) in [4.78, 5) is 30.8. The molecule has 0 bridgehead atoms. The topological polar surface area (TPSA) is 62.3 Å². The number of aryl methyl sites for hydroxylation is 1. The number of halogens is 9. The number of alkyl halides is 7. The average Bonchev–Trinajstić information content (AvgIpc) is 2.89. The molecule has 0 fully saturated rings.